The maximum absolute atomic E-state index is 14.1. The second kappa shape index (κ2) is 31.5. The largest absolute Gasteiger partial charge is 0.465 e. The first kappa shape index (κ1) is 67.0. The van der Waals surface area contributed by atoms with Crippen LogP contribution in [0.4, 0.5) is 21.0 Å². The van der Waals surface area contributed by atoms with Crippen LogP contribution in [0.15, 0.2) is 126 Å². The third-order valence-electron chi connectivity index (χ3n) is 16.9. The molecule has 2 aliphatic carbocycles. The number of alkyl carbamates (subject to hydrolysis) is 1. The fourth-order valence-corrected chi connectivity index (χ4v) is 12.2. The zero-order valence-corrected chi connectivity index (χ0v) is 53.6. The Morgan fingerprint density at radius 2 is 1.23 bits per heavy atom. The van der Waals surface area contributed by atoms with Gasteiger partial charge in [0.15, 0.2) is 11.6 Å². The van der Waals surface area contributed by atoms with Crippen molar-refractivity contribution in [1.82, 2.24) is 67.0 Å². The quantitative estimate of drug-likeness (QED) is 0.0358. The van der Waals surface area contributed by atoms with Crippen molar-refractivity contribution in [3.8, 4) is 33.9 Å². The molecule has 2 aromatic heterocycles. The lowest BCUT2D eigenvalue weighted by atomic mass is 9.81. The van der Waals surface area contributed by atoms with Crippen LogP contribution in [0.5, 0.6) is 0 Å². The number of ether oxygens (including phenoxy) is 1. The van der Waals surface area contributed by atoms with Crippen molar-refractivity contribution in [3.05, 3.63) is 142 Å². The van der Waals surface area contributed by atoms with Crippen LogP contribution >= 0.6 is 15.9 Å². The fraction of sp³-hybridized carbons (Fsp3) is 0.409. The van der Waals surface area contributed by atoms with Gasteiger partial charge in [-0.2, -0.15) is 0 Å². The summed E-state index contributed by atoms with van der Waals surface area (Å²) in [7, 11) is 2.06. The molecule has 25 nitrogen and oxygen atoms in total. The molecule has 1 aliphatic heterocycles. The summed E-state index contributed by atoms with van der Waals surface area (Å²) in [5.41, 5.74) is 12.3. The van der Waals surface area contributed by atoms with E-state index >= 15 is 0 Å². The summed E-state index contributed by atoms with van der Waals surface area (Å²) in [5.74, 6) is -0.374. The number of rotatable bonds is 20. The van der Waals surface area contributed by atoms with Gasteiger partial charge in [-0.15, -0.1) is 10.2 Å². The molecular weight excluding hydrogens is 1240 g/mol. The maximum Gasteiger partial charge on any atom is 0.407 e. The van der Waals surface area contributed by atoms with Gasteiger partial charge in [-0.05, 0) is 207 Å². The smallest absolute Gasteiger partial charge is 0.407 e. The molecule has 0 unspecified atom stereocenters. The molecule has 92 heavy (non-hydrogen) atoms. The molecule has 7 aromatic rings. The molecule has 0 spiro atoms. The summed E-state index contributed by atoms with van der Waals surface area (Å²) in [4.78, 5) is 96.1. The van der Waals surface area contributed by atoms with E-state index in [1.165, 1.54) is 0 Å². The summed E-state index contributed by atoms with van der Waals surface area (Å²) in [5, 5.41) is 47.9. The number of nitrogens with one attached hydrogen (secondary N) is 6. The number of benzene rings is 5. The number of carbonyl (C=O) groups excluding carboxylic acids is 6. The van der Waals surface area contributed by atoms with Gasteiger partial charge >= 0.3 is 12.2 Å². The Labute approximate surface area is 541 Å². The molecule has 3 aliphatic rings. The van der Waals surface area contributed by atoms with Crippen molar-refractivity contribution < 1.29 is 43.4 Å². The standard InChI is InChI=1S/C37H43N9O5.C29H36BrN7O4/c1-45-17-19-46(20-18-45)36(49)29-11-9-26(10-12-29)30-4-2-3-25(21-30)22-32(40-34(47)28-7-5-24(6-8-28)23-38-37(50)51)35(48)39-31-15-13-27(14-16-31)33-41-43-44-42-33;1-29(2,3)41-28(40)32-17-18-7-9-21(10-8-18)27(39)37(23-13-11-20(12-14-23)26-33-35-36-34-26)24(25(31)38)16-19-5-4-6-22(30)15-19/h2-4,9-16,21,24,28,32,38H,5-8,17-20,22-23H2,1H3,(H,39,48)(H,40,47)(H,50,51)(H,41,42,43,44);4-6,11-15,18,21,24H,7-10,16-17H2,1-3H3,(H2,31,38)(H,32,40)(H,33,34,35,36)/t24-,28-,32-;18-,21-,24-/m00/s1. The summed E-state index contributed by atoms with van der Waals surface area (Å²) >= 11 is 3.48. The number of primary amides is 1. The number of piperazine rings is 1. The van der Waals surface area contributed by atoms with E-state index in [0.717, 1.165) is 76.6 Å². The predicted octanol–water partition coefficient (Wildman–Crippen LogP) is 8.05. The van der Waals surface area contributed by atoms with Crippen LogP contribution in [0.1, 0.15) is 93.6 Å². The van der Waals surface area contributed by atoms with Gasteiger partial charge in [0.1, 0.15) is 17.7 Å². The highest BCUT2D eigenvalue weighted by Gasteiger charge is 2.37. The van der Waals surface area contributed by atoms with Crippen LogP contribution in [0.3, 0.4) is 0 Å². The summed E-state index contributed by atoms with van der Waals surface area (Å²) in [6, 6.07) is 35.5. The van der Waals surface area contributed by atoms with E-state index in [2.05, 4.69) is 90.4 Å². The number of nitrogens with zero attached hydrogens (tertiary/aromatic N) is 9. The van der Waals surface area contributed by atoms with E-state index in [4.69, 9.17) is 15.6 Å². The SMILES string of the molecule is CC(C)(C)OC(=O)NC[C@H]1CC[C@H](C(=O)N(c2ccc(-c3nnn[nH]3)cc2)[C@@H](Cc2cccc(Br)c2)C(N)=O)CC1.CN1CCN(C(=O)c2ccc(-c3cccc(C[C@H](NC(=O)[C@H]4CC[C@H](CNC(=O)O)CC4)C(=O)Nc4ccc(-c5nnn[nH]5)cc4)c3)cc2)CC1. The Morgan fingerprint density at radius 3 is 1.78 bits per heavy atom. The lowest BCUT2D eigenvalue weighted by molar-refractivity contribution is -0.130. The van der Waals surface area contributed by atoms with Crippen LogP contribution in [0, 0.1) is 23.7 Å². The van der Waals surface area contributed by atoms with Crippen LogP contribution in [-0.4, -0.2) is 162 Å². The number of hydrogen-bond acceptors (Lipinski definition) is 15. The third kappa shape index (κ3) is 19.1. The molecular formula is C66H79BrN16O9. The molecule has 484 valence electrons. The Balaban J connectivity index is 0.000000223. The van der Waals surface area contributed by atoms with E-state index in [-0.39, 0.29) is 60.1 Å². The van der Waals surface area contributed by atoms with Crippen molar-refractivity contribution in [2.24, 2.45) is 29.4 Å². The maximum atomic E-state index is 14.1. The van der Waals surface area contributed by atoms with Crippen LogP contribution < -0.4 is 31.9 Å². The molecule has 1 saturated heterocycles. The van der Waals surface area contributed by atoms with Gasteiger partial charge in [-0.1, -0.05) is 64.5 Å². The average Bonchev–Trinajstić information content (AvgIpc) is 1.16. The van der Waals surface area contributed by atoms with E-state index in [1.807, 2.05) is 98.5 Å². The lowest BCUT2D eigenvalue weighted by Gasteiger charge is -2.36. The number of anilines is 2. The minimum absolute atomic E-state index is 0.0306. The molecule has 2 atom stereocenters. The topological polar surface area (TPSA) is 342 Å². The molecule has 5 aromatic carbocycles. The number of tetrazole rings is 2. The van der Waals surface area contributed by atoms with Gasteiger partial charge in [0.05, 0.1) is 0 Å². The van der Waals surface area contributed by atoms with Gasteiger partial charge in [-0.3, -0.25) is 28.9 Å². The first-order chi connectivity index (χ1) is 44.2. The number of carboxylic acid groups (broad SMARTS) is 1. The number of hydrogen-bond donors (Lipinski definition) is 8. The van der Waals surface area contributed by atoms with Crippen molar-refractivity contribution in [2.75, 3.05) is 56.5 Å². The van der Waals surface area contributed by atoms with Crippen molar-refractivity contribution in [1.29, 1.82) is 0 Å². The predicted molar refractivity (Wildman–Crippen MR) is 348 cm³/mol. The Kier molecular flexibility index (Phi) is 23.0. The molecule has 2 saturated carbocycles. The van der Waals surface area contributed by atoms with Crippen LogP contribution in [0.25, 0.3) is 33.9 Å². The van der Waals surface area contributed by atoms with E-state index in [1.54, 1.807) is 53.4 Å². The van der Waals surface area contributed by atoms with Gasteiger partial charge in [0, 0.05) is 96.5 Å². The monoisotopic (exact) mass is 1320 g/mol. The van der Waals surface area contributed by atoms with E-state index < -0.39 is 35.8 Å². The Morgan fingerprint density at radius 1 is 0.674 bits per heavy atom. The minimum atomic E-state index is -1.05. The molecule has 3 fully saturated rings. The van der Waals surface area contributed by atoms with E-state index in [9.17, 15) is 33.6 Å². The number of H-pyrrole nitrogens is 2. The molecule has 9 N–H and O–H groups in total. The molecule has 3 heterocycles. The Hall–Kier alpha value is -9.43. The number of aromatic amines is 2. The van der Waals surface area contributed by atoms with Crippen molar-refractivity contribution in [2.45, 2.75) is 103 Å². The lowest BCUT2D eigenvalue weighted by Crippen LogP contribution is -2.52. The molecule has 10 rings (SSSR count). The average molecular weight is 1320 g/mol. The zero-order valence-electron chi connectivity index (χ0n) is 52.0. The number of likely N-dealkylation sites (N-methyl/N-ethyl adjacent to an activating group) is 1. The van der Waals surface area contributed by atoms with E-state index in [0.29, 0.717) is 80.4 Å². The second-order valence-electron chi connectivity index (χ2n) is 24.7. The first-order valence-electron chi connectivity index (χ1n) is 31.0. The number of nitrogens with two attached hydrogens (primary N) is 1. The first-order valence-corrected chi connectivity index (χ1v) is 31.8. The number of halogens is 1. The summed E-state index contributed by atoms with van der Waals surface area (Å²) in [6.45, 7) is 9.47. The van der Waals surface area contributed by atoms with Gasteiger partial charge < -0.3 is 46.6 Å². The Bertz CT molecular complexity index is 3600. The number of carbonyl (C=O) groups is 7. The summed E-state index contributed by atoms with van der Waals surface area (Å²) < 4.78 is 6.21. The number of aromatic nitrogens is 8. The van der Waals surface area contributed by atoms with Crippen LogP contribution in [-0.2, 0) is 36.8 Å². The molecule has 7 amide bonds. The highest BCUT2D eigenvalue weighted by molar-refractivity contribution is 9.10. The highest BCUT2D eigenvalue weighted by Crippen LogP contribution is 2.34. The fourth-order valence-electron chi connectivity index (χ4n) is 11.8. The zero-order chi connectivity index (χ0) is 65.3. The van der Waals surface area contributed by atoms with Gasteiger partial charge in [-0.25, -0.2) is 19.8 Å². The van der Waals surface area contributed by atoms with Crippen molar-refractivity contribution >= 4 is 69.0 Å². The van der Waals surface area contributed by atoms with Crippen LogP contribution in [0.2, 0.25) is 0 Å². The van der Waals surface area contributed by atoms with Gasteiger partial charge in [0.25, 0.3) is 5.91 Å². The third-order valence-corrected chi connectivity index (χ3v) is 17.4. The highest BCUT2D eigenvalue weighted by atomic mass is 79.9. The summed E-state index contributed by atoms with van der Waals surface area (Å²) in [6.07, 6.45) is 4.53. The normalized spacial score (nSPS) is 18.2. The second-order valence-corrected chi connectivity index (χ2v) is 25.6. The molecule has 0 bridgehead atoms. The molecule has 26 heteroatoms. The molecule has 0 radical (unpaired) electrons. The minimum Gasteiger partial charge on any atom is -0.465 e. The van der Waals surface area contributed by atoms with Gasteiger partial charge in [0.2, 0.25) is 23.6 Å². The van der Waals surface area contributed by atoms with Crippen molar-refractivity contribution in [3.63, 3.8) is 0 Å². The number of amides is 7.